The van der Waals surface area contributed by atoms with Crippen molar-refractivity contribution in [2.75, 3.05) is 66.1 Å². The summed E-state index contributed by atoms with van der Waals surface area (Å²) in [5.41, 5.74) is 0. The lowest BCUT2D eigenvalue weighted by Crippen LogP contribution is -2.69. The lowest BCUT2D eigenvalue weighted by molar-refractivity contribution is -0.400. The number of rotatable bonds is 33. The second-order valence-corrected chi connectivity index (χ2v) is 28.3. The summed E-state index contributed by atoms with van der Waals surface area (Å²) in [5.74, 6) is -1.82. The average molecular weight is 1640 g/mol. The number of hydrogen-bond acceptors (Lipinski definition) is 47. The van der Waals surface area contributed by atoms with Gasteiger partial charge in [-0.25, -0.2) is 4.57 Å². The molecule has 0 radical (unpaired) electrons. The van der Waals surface area contributed by atoms with Crippen molar-refractivity contribution in [1.29, 1.82) is 0 Å². The molecule has 0 aromatic heterocycles. The van der Waals surface area contributed by atoms with Crippen LogP contribution in [0.3, 0.4) is 0 Å². The molecule has 0 bridgehead atoms. The third kappa shape index (κ3) is 21.4. The zero-order valence-electron chi connectivity index (χ0n) is 58.1. The van der Waals surface area contributed by atoms with E-state index in [1.807, 2.05) is 0 Å². The van der Waals surface area contributed by atoms with E-state index in [-0.39, 0.29) is 0 Å². The average Bonchev–Trinajstić information content (AvgIpc) is 0.769. The van der Waals surface area contributed by atoms with Crippen molar-refractivity contribution in [2.24, 2.45) is 0 Å². The van der Waals surface area contributed by atoms with E-state index in [2.05, 4.69) is 15.2 Å². The van der Waals surface area contributed by atoms with Crippen LogP contribution in [0.2, 0.25) is 0 Å². The number of nitrogens with one attached hydrogen (secondary N) is 2. The zero-order valence-corrected chi connectivity index (χ0v) is 59.0. The topological polar surface area (TPSA) is 819 Å². The Labute approximate surface area is 620 Å². The Morgan fingerprint density at radius 2 is 0.691 bits per heavy atom. The Hall–Kier alpha value is -2.67. The maximum absolute atomic E-state index is 12.9. The van der Waals surface area contributed by atoms with Gasteiger partial charge in [-0.05, 0) is 0 Å². The van der Waals surface area contributed by atoms with Gasteiger partial charge < -0.3 is 234 Å². The summed E-state index contributed by atoms with van der Waals surface area (Å²) < 4.78 is 109. The molecule has 0 spiro atoms. The summed E-state index contributed by atoms with van der Waals surface area (Å²) in [6, 6.07) is -3.66. The van der Waals surface area contributed by atoms with E-state index in [9.17, 15) is 162 Å². The maximum Gasteiger partial charge on any atom is 0.469 e. The fourth-order valence-corrected chi connectivity index (χ4v) is 13.6. The van der Waals surface area contributed by atoms with Crippen molar-refractivity contribution in [3.05, 3.63) is 0 Å². The Morgan fingerprint density at radius 3 is 1.09 bits per heavy atom. The molecular weight excluding hydrogens is 1540 g/mol. The number of amides is 2. The Morgan fingerprint density at radius 1 is 0.355 bits per heavy atom. The second kappa shape index (κ2) is 40.7. The molecule has 44 atom stereocenters. The highest BCUT2D eigenvalue weighted by Crippen LogP contribution is 2.41. The summed E-state index contributed by atoms with van der Waals surface area (Å²) in [5, 5.41) is 302. The van der Waals surface area contributed by atoms with E-state index in [0.717, 1.165) is 13.8 Å². The second-order valence-electron chi connectivity index (χ2n) is 27.1. The molecule has 0 aromatic carbocycles. The Bertz CT molecular complexity index is 2860. The highest BCUT2D eigenvalue weighted by molar-refractivity contribution is 7.46. The lowest BCUT2D eigenvalue weighted by Gasteiger charge is -2.50. The molecule has 8 aliphatic heterocycles. The van der Waals surface area contributed by atoms with Crippen LogP contribution in [0.25, 0.3) is 0 Å². The number of hydrogen-bond donors (Lipinski definition) is 31. The molecule has 8 rings (SSSR count). The fraction of sp³-hybridized carbons (Fsp3) is 0.966. The first kappa shape index (κ1) is 92.8. The molecule has 51 nitrogen and oxygen atoms in total. The minimum atomic E-state index is -5.33. The molecule has 8 heterocycles. The van der Waals surface area contributed by atoms with Crippen molar-refractivity contribution < 1.29 is 242 Å². The largest absolute Gasteiger partial charge is 0.469 e. The highest BCUT2D eigenvalue weighted by atomic mass is 31.2. The van der Waals surface area contributed by atoms with Crippen LogP contribution in [0.1, 0.15) is 13.8 Å². The molecule has 0 saturated carbocycles. The van der Waals surface area contributed by atoms with Gasteiger partial charge in [0.15, 0.2) is 50.3 Å². The van der Waals surface area contributed by atoms with Crippen molar-refractivity contribution in [1.82, 2.24) is 10.6 Å². The van der Waals surface area contributed by atoms with Crippen LogP contribution in [-0.2, 0) is 94.5 Å². The summed E-state index contributed by atoms with van der Waals surface area (Å²) in [6.07, 6.45) is -92.8. The molecule has 2 amide bonds. The van der Waals surface area contributed by atoms with E-state index in [1.54, 1.807) is 0 Å². The number of carbonyl (C=O) groups is 2. The highest BCUT2D eigenvalue weighted by Gasteiger charge is 2.60. The summed E-state index contributed by atoms with van der Waals surface area (Å²) in [7, 11) is -5.33. The maximum atomic E-state index is 12.9. The number of ether oxygens (including phenoxy) is 16. The van der Waals surface area contributed by atoms with Gasteiger partial charge in [-0.15, -0.1) is 0 Å². The normalized spacial score (nSPS) is 46.9. The first-order valence-electron chi connectivity index (χ1n) is 34.3. The van der Waals surface area contributed by atoms with Crippen LogP contribution < -0.4 is 10.6 Å². The Kier molecular flexibility index (Phi) is 34.3. The van der Waals surface area contributed by atoms with Gasteiger partial charge in [-0.2, -0.15) is 0 Å². The molecule has 8 fully saturated rings. The first-order chi connectivity index (χ1) is 51.8. The van der Waals surface area contributed by atoms with E-state index in [0.29, 0.717) is 0 Å². The lowest BCUT2D eigenvalue weighted by atomic mass is 9.94. The minimum absolute atomic E-state index is 0.823. The summed E-state index contributed by atoms with van der Waals surface area (Å²) >= 11 is 0. The van der Waals surface area contributed by atoms with E-state index >= 15 is 0 Å². The number of aliphatic hydroxyl groups is 27. The molecule has 52 heteroatoms. The van der Waals surface area contributed by atoms with Gasteiger partial charge in [0, 0.05) is 13.8 Å². The molecule has 31 N–H and O–H groups in total. The molecule has 0 unspecified atom stereocenters. The van der Waals surface area contributed by atoms with Gasteiger partial charge in [0.05, 0.1) is 72.1 Å². The van der Waals surface area contributed by atoms with Crippen molar-refractivity contribution in [3.8, 4) is 0 Å². The molecule has 110 heavy (non-hydrogen) atoms. The molecule has 0 aromatic rings. The van der Waals surface area contributed by atoms with Gasteiger partial charge in [-0.3, -0.25) is 14.1 Å². The van der Waals surface area contributed by atoms with Crippen LogP contribution in [0.5, 0.6) is 0 Å². The van der Waals surface area contributed by atoms with E-state index in [1.165, 1.54) is 0 Å². The number of aliphatic hydroxyl groups excluding tert-OH is 27. The van der Waals surface area contributed by atoms with Gasteiger partial charge in [-0.1, -0.05) is 0 Å². The van der Waals surface area contributed by atoms with Crippen molar-refractivity contribution >= 4 is 19.6 Å². The first-order valence-corrected chi connectivity index (χ1v) is 35.8. The van der Waals surface area contributed by atoms with Gasteiger partial charge >= 0.3 is 7.82 Å². The van der Waals surface area contributed by atoms with Gasteiger partial charge in [0.25, 0.3) is 0 Å². The quantitative estimate of drug-likeness (QED) is 0.0271. The monoisotopic (exact) mass is 1640 g/mol. The third-order valence-corrected chi connectivity index (χ3v) is 19.9. The molecule has 8 aliphatic rings. The third-order valence-electron chi connectivity index (χ3n) is 19.4. The smallest absolute Gasteiger partial charge is 0.394 e. The van der Waals surface area contributed by atoms with Crippen LogP contribution in [0, 0.1) is 0 Å². The van der Waals surface area contributed by atoms with Crippen LogP contribution in [0.15, 0.2) is 0 Å². The Balaban J connectivity index is 1.17. The van der Waals surface area contributed by atoms with Crippen molar-refractivity contribution in [3.63, 3.8) is 0 Å². The molecular formula is C58H101N2O49P. The summed E-state index contributed by atoms with van der Waals surface area (Å²) in [4.78, 5) is 43.7. The fourth-order valence-electron chi connectivity index (χ4n) is 13.3. The van der Waals surface area contributed by atoms with Crippen molar-refractivity contribution in [2.45, 2.75) is 284 Å². The molecule has 642 valence electrons. The minimum Gasteiger partial charge on any atom is -0.394 e. The zero-order chi connectivity index (χ0) is 81.6. The predicted molar refractivity (Wildman–Crippen MR) is 333 cm³/mol. The van der Waals surface area contributed by atoms with E-state index in [4.69, 9.17) is 75.8 Å². The standard InChI is InChI=1S/C58H101N2O49P/c1-13(68)59-15(3-61)26(71)45(16(70)4-62)104-51-25(60-14(2)69)34(79)46(21(9-67)100-51)105-56-44(89)48(107-58-50(39(84)30(75)20(8-66)99-58)109-55-42(87)36(81)28(73)18(6-64)97-55)33(78)23(103-56)11-94-53-43(88)47(32(77)22(101-53)10-93-52-40(85)37(82)31(76)24(102-52)12-95-110(90,91)92)106-57-49(38(83)29(74)19(7-65)98-57)108-54-41(86)35(80)27(72)17(5-63)96-54/h15-58,61-67,70-89H,3-12H2,1-2H3,(H,59,68)(H,60,69)(H2,90,91,92)/t15-,16+,17+,18+,19+,20+,21+,22+,23+,24+,25+,26+,27+,28+,29+,30+,31+,32+,33+,34+,35-,36-,37-,38-,39-,40-,41-,42-,43-,44-,45+,46+,47-,48-,49-,50-,51-,52-,53-,54+,55+,56-,57+,58+/m0/s1. The number of carbonyl (C=O) groups excluding carboxylic acids is 2. The van der Waals surface area contributed by atoms with Crippen LogP contribution >= 0.6 is 7.82 Å². The predicted octanol–water partition coefficient (Wildman–Crippen LogP) is -20.6. The molecule has 0 aliphatic carbocycles. The molecule has 8 saturated heterocycles. The van der Waals surface area contributed by atoms with Gasteiger partial charge in [0.2, 0.25) is 11.8 Å². The van der Waals surface area contributed by atoms with Crippen LogP contribution in [0.4, 0.5) is 0 Å². The number of phosphoric acid groups is 1. The SMILES string of the molecule is CC(=O)N[C@H]1[C@H](O[C@@H]([C@H](O)[C@H](CO)NC(C)=O)[C@H](O)CO)O[C@H](CO)[C@@H](O[C@@H]2O[C@H](CO[C@H]3O[C@H](CO[C@H]4O[C@H](COP(=O)(O)O)[C@@H](O)[C@H](O)[C@@H]4O)[C@@H](O)[C@H](O[C@H]4O[C@H](CO)[C@@H](O)[C@H](O)[C@@H]4O[C@H]4O[C@H](CO)[C@@H](O)[C@H](O)[C@@H]4O)[C@@H]3O)[C@@H](O)[C@H](O[C@H]3O[C@H](CO)[C@@H](O)[C@H](O)[C@@H]3O[C@H]3O[C@H](CO)[C@@H](O)[C@H](O)[C@@H]3O)[C@@H]2O)[C@@H]1O. The van der Waals surface area contributed by atoms with E-state index < -0.39 is 356 Å². The van der Waals surface area contributed by atoms with Crippen LogP contribution in [-0.4, -0.2) is 495 Å². The van der Waals surface area contributed by atoms with Gasteiger partial charge in [0.1, 0.15) is 214 Å². The number of phosphoric ester groups is 1. The summed E-state index contributed by atoms with van der Waals surface area (Å²) in [6.45, 7) is -9.70.